The fourth-order valence-corrected chi connectivity index (χ4v) is 1.84. The van der Waals surface area contributed by atoms with E-state index >= 15 is 0 Å². The second kappa shape index (κ2) is 5.93. The van der Waals surface area contributed by atoms with Crippen LogP contribution in [0.2, 0.25) is 0 Å². The van der Waals surface area contributed by atoms with Crippen LogP contribution in [-0.4, -0.2) is 4.98 Å². The first kappa shape index (κ1) is 13.0. The van der Waals surface area contributed by atoms with E-state index in [-0.39, 0.29) is 12.4 Å². The Hall–Kier alpha value is -1.46. The average molecular weight is 311 g/mol. The lowest BCUT2D eigenvalue weighted by molar-refractivity contribution is 0.298. The minimum Gasteiger partial charge on any atom is -0.487 e. The maximum Gasteiger partial charge on any atom is 0.139 e. The fraction of sp³-hybridized carbons (Fsp3) is 0.154. The summed E-state index contributed by atoms with van der Waals surface area (Å²) < 4.78 is 19.8. The van der Waals surface area contributed by atoms with Crippen LogP contribution in [0.25, 0.3) is 0 Å². The van der Waals surface area contributed by atoms with Gasteiger partial charge >= 0.3 is 0 Å². The molecule has 0 aliphatic rings. The second-order valence-corrected chi connectivity index (χ2v) is 4.67. The minimum atomic E-state index is -0.296. The predicted molar refractivity (Wildman–Crippen MR) is 70.6 cm³/mol. The van der Waals surface area contributed by atoms with E-state index in [2.05, 4.69) is 20.9 Å². The van der Waals surface area contributed by atoms with Crippen molar-refractivity contribution in [1.82, 2.24) is 4.98 Å². The van der Waals surface area contributed by atoms with Crippen molar-refractivity contribution in [1.29, 1.82) is 0 Å². The number of aromatic nitrogens is 1. The first-order valence-electron chi connectivity index (χ1n) is 5.40. The highest BCUT2D eigenvalue weighted by molar-refractivity contribution is 9.10. The molecule has 0 unspecified atom stereocenters. The molecule has 3 nitrogen and oxygen atoms in total. The Morgan fingerprint density at radius 2 is 2.11 bits per heavy atom. The van der Waals surface area contributed by atoms with Gasteiger partial charge in [0, 0.05) is 22.8 Å². The van der Waals surface area contributed by atoms with Crippen molar-refractivity contribution in [2.45, 2.75) is 13.2 Å². The molecule has 1 aromatic carbocycles. The summed E-state index contributed by atoms with van der Waals surface area (Å²) in [5.74, 6) is 0.289. The standard InChI is InChI=1S/C13H12BrFN2O/c14-11-4-12(7-17-6-11)18-8-10-3-9(5-16)1-2-13(10)15/h1-4,6-7H,5,8,16H2. The number of benzene rings is 1. The largest absolute Gasteiger partial charge is 0.487 e. The first-order chi connectivity index (χ1) is 8.69. The van der Waals surface area contributed by atoms with Crippen molar-refractivity contribution in [3.8, 4) is 5.75 Å². The van der Waals surface area contributed by atoms with Gasteiger partial charge in [0.1, 0.15) is 18.2 Å². The van der Waals surface area contributed by atoms with Crippen LogP contribution in [0.5, 0.6) is 5.75 Å². The van der Waals surface area contributed by atoms with Crippen molar-refractivity contribution >= 4 is 15.9 Å². The molecule has 2 rings (SSSR count). The van der Waals surface area contributed by atoms with Gasteiger partial charge in [0.15, 0.2) is 0 Å². The molecule has 0 fully saturated rings. The summed E-state index contributed by atoms with van der Waals surface area (Å²) in [6.45, 7) is 0.531. The molecule has 18 heavy (non-hydrogen) atoms. The predicted octanol–water partition coefficient (Wildman–Crippen LogP) is 3.02. The molecule has 1 heterocycles. The monoisotopic (exact) mass is 310 g/mol. The Labute approximate surface area is 113 Å². The van der Waals surface area contributed by atoms with Gasteiger partial charge < -0.3 is 10.5 Å². The lowest BCUT2D eigenvalue weighted by Crippen LogP contribution is -2.02. The molecule has 0 bridgehead atoms. The lowest BCUT2D eigenvalue weighted by atomic mass is 10.1. The Morgan fingerprint density at radius 1 is 1.28 bits per heavy atom. The number of ether oxygens (including phenoxy) is 1. The SMILES string of the molecule is NCc1ccc(F)c(COc2cncc(Br)c2)c1. The van der Waals surface area contributed by atoms with E-state index in [1.54, 1.807) is 30.6 Å². The first-order valence-corrected chi connectivity index (χ1v) is 6.19. The molecule has 2 N–H and O–H groups in total. The zero-order chi connectivity index (χ0) is 13.0. The molecular formula is C13H12BrFN2O. The highest BCUT2D eigenvalue weighted by Crippen LogP contribution is 2.18. The maximum absolute atomic E-state index is 13.5. The number of hydrogen-bond donors (Lipinski definition) is 1. The van der Waals surface area contributed by atoms with Crippen LogP contribution in [0.3, 0.4) is 0 Å². The Kier molecular flexibility index (Phi) is 4.28. The fourth-order valence-electron chi connectivity index (χ4n) is 1.50. The van der Waals surface area contributed by atoms with E-state index in [1.165, 1.54) is 6.07 Å². The molecule has 0 aliphatic carbocycles. The van der Waals surface area contributed by atoms with Crippen LogP contribution in [0.1, 0.15) is 11.1 Å². The molecule has 0 spiro atoms. The van der Waals surface area contributed by atoms with Crippen molar-refractivity contribution < 1.29 is 9.13 Å². The average Bonchev–Trinajstić information content (AvgIpc) is 2.38. The zero-order valence-electron chi connectivity index (χ0n) is 9.57. The number of pyridine rings is 1. The van der Waals surface area contributed by atoms with Crippen molar-refractivity contribution in [3.63, 3.8) is 0 Å². The molecule has 0 saturated heterocycles. The van der Waals surface area contributed by atoms with Crippen molar-refractivity contribution in [2.75, 3.05) is 0 Å². The van der Waals surface area contributed by atoms with E-state index in [4.69, 9.17) is 10.5 Å². The molecule has 94 valence electrons. The summed E-state index contributed by atoms with van der Waals surface area (Å²) in [7, 11) is 0. The Morgan fingerprint density at radius 3 is 2.83 bits per heavy atom. The number of rotatable bonds is 4. The van der Waals surface area contributed by atoms with Gasteiger partial charge in [0.2, 0.25) is 0 Å². The third-order valence-electron chi connectivity index (χ3n) is 2.42. The van der Waals surface area contributed by atoms with Crippen LogP contribution in [0.4, 0.5) is 4.39 Å². The van der Waals surface area contributed by atoms with Gasteiger partial charge in [-0.05, 0) is 39.7 Å². The molecule has 0 amide bonds. The van der Waals surface area contributed by atoms with Crippen LogP contribution >= 0.6 is 15.9 Å². The van der Waals surface area contributed by atoms with E-state index < -0.39 is 0 Å². The van der Waals surface area contributed by atoms with E-state index in [1.807, 2.05) is 0 Å². The molecule has 0 aliphatic heterocycles. The van der Waals surface area contributed by atoms with Gasteiger partial charge in [0.25, 0.3) is 0 Å². The third-order valence-corrected chi connectivity index (χ3v) is 2.85. The summed E-state index contributed by atoms with van der Waals surface area (Å²) >= 11 is 3.29. The molecule has 1 aromatic heterocycles. The molecule has 2 aromatic rings. The van der Waals surface area contributed by atoms with E-state index in [0.29, 0.717) is 17.9 Å². The van der Waals surface area contributed by atoms with Gasteiger partial charge in [-0.3, -0.25) is 4.98 Å². The van der Waals surface area contributed by atoms with Crippen molar-refractivity contribution in [2.24, 2.45) is 5.73 Å². The van der Waals surface area contributed by atoms with Gasteiger partial charge in [0.05, 0.1) is 6.20 Å². The van der Waals surface area contributed by atoms with Crippen molar-refractivity contribution in [3.05, 3.63) is 58.1 Å². The van der Waals surface area contributed by atoms with Crippen LogP contribution < -0.4 is 10.5 Å². The normalized spacial score (nSPS) is 10.4. The number of halogens is 2. The van der Waals surface area contributed by atoms with Gasteiger partial charge in [-0.2, -0.15) is 0 Å². The summed E-state index contributed by atoms with van der Waals surface area (Å²) in [5.41, 5.74) is 6.88. The molecule has 0 radical (unpaired) electrons. The van der Waals surface area contributed by atoms with Crippen LogP contribution in [0.15, 0.2) is 41.1 Å². The molecule has 0 saturated carbocycles. The molecular weight excluding hydrogens is 299 g/mol. The van der Waals surface area contributed by atoms with Gasteiger partial charge in [-0.25, -0.2) is 4.39 Å². The van der Waals surface area contributed by atoms with Gasteiger partial charge in [-0.1, -0.05) is 6.07 Å². The second-order valence-electron chi connectivity index (χ2n) is 3.76. The van der Waals surface area contributed by atoms with E-state index in [9.17, 15) is 4.39 Å². The minimum absolute atomic E-state index is 0.151. The lowest BCUT2D eigenvalue weighted by Gasteiger charge is -2.08. The van der Waals surface area contributed by atoms with Crippen LogP contribution in [0, 0.1) is 5.82 Å². The summed E-state index contributed by atoms with van der Waals surface area (Å²) in [6.07, 6.45) is 3.23. The summed E-state index contributed by atoms with van der Waals surface area (Å²) in [4.78, 5) is 3.97. The summed E-state index contributed by atoms with van der Waals surface area (Å²) in [5, 5.41) is 0. The Balaban J connectivity index is 2.10. The number of hydrogen-bond acceptors (Lipinski definition) is 3. The molecule has 0 atom stereocenters. The van der Waals surface area contributed by atoms with E-state index in [0.717, 1.165) is 10.0 Å². The summed E-state index contributed by atoms with van der Waals surface area (Å²) in [6, 6.07) is 6.55. The highest BCUT2D eigenvalue weighted by Gasteiger charge is 2.04. The topological polar surface area (TPSA) is 48.1 Å². The maximum atomic E-state index is 13.5. The van der Waals surface area contributed by atoms with Crippen LogP contribution in [-0.2, 0) is 13.2 Å². The van der Waals surface area contributed by atoms with Gasteiger partial charge in [-0.15, -0.1) is 0 Å². The number of nitrogens with two attached hydrogens (primary N) is 1. The zero-order valence-corrected chi connectivity index (χ0v) is 11.2. The smallest absolute Gasteiger partial charge is 0.139 e. The highest BCUT2D eigenvalue weighted by atomic mass is 79.9. The third kappa shape index (κ3) is 3.27. The number of nitrogens with zero attached hydrogens (tertiary/aromatic N) is 1. The molecule has 5 heteroatoms. The quantitative estimate of drug-likeness (QED) is 0.944. The Bertz CT molecular complexity index is 548.